The molecule has 0 aromatic rings. The first-order valence-corrected chi connectivity index (χ1v) is 11.0. The summed E-state index contributed by atoms with van der Waals surface area (Å²) in [4.78, 5) is 27.8. The van der Waals surface area contributed by atoms with E-state index in [9.17, 15) is 9.59 Å². The van der Waals surface area contributed by atoms with E-state index in [1.807, 2.05) is 18.7 Å². The highest BCUT2D eigenvalue weighted by molar-refractivity contribution is 5.89. The number of carbonyl (C=O) groups excluding carboxylic acids is 2. The molecule has 0 aromatic carbocycles. The predicted molar refractivity (Wildman–Crippen MR) is 117 cm³/mol. The third-order valence-electron chi connectivity index (χ3n) is 6.46. The number of hydrogen-bond donors (Lipinski definition) is 3. The normalized spacial score (nSPS) is 24.3. The molecule has 1 fully saturated rings. The summed E-state index contributed by atoms with van der Waals surface area (Å²) in [7, 11) is 0. The van der Waals surface area contributed by atoms with E-state index >= 15 is 0 Å². The van der Waals surface area contributed by atoms with Gasteiger partial charge in [0.1, 0.15) is 6.04 Å². The van der Waals surface area contributed by atoms with Crippen molar-refractivity contribution in [2.45, 2.75) is 59.9 Å². The third-order valence-corrected chi connectivity index (χ3v) is 6.46. The standard InChI is InChI=1S/C22H36N6O2/c1-15(2)20(24-19(29)12-28-14-23-25-26-28)21(30)27-11-10-18(22(4,5)13-27)17-8-6-16(3)7-9-17/h6,8,14-15,18,20,25-26H,7,9-13H2,1-5H3,(H,24,29)/p+1. The molecule has 2 heterocycles. The molecule has 0 bridgehead atoms. The molecule has 0 saturated carbocycles. The van der Waals surface area contributed by atoms with Crippen LogP contribution in [0.25, 0.3) is 0 Å². The minimum absolute atomic E-state index is 0.0109. The number of hydrogen-bond acceptors (Lipinski definition) is 5. The molecule has 30 heavy (non-hydrogen) atoms. The van der Waals surface area contributed by atoms with Crippen molar-refractivity contribution in [3.63, 3.8) is 0 Å². The smallest absolute Gasteiger partial charge is 0.245 e. The van der Waals surface area contributed by atoms with Gasteiger partial charge in [0.25, 0.3) is 0 Å². The Bertz CT molecular complexity index is 755. The molecule has 8 heteroatoms. The number of allylic oxidation sites excluding steroid dienone is 4. The van der Waals surface area contributed by atoms with Crippen molar-refractivity contribution in [1.82, 2.24) is 20.8 Å². The van der Waals surface area contributed by atoms with Gasteiger partial charge in [-0.2, -0.15) is 5.01 Å². The number of nitrogens with two attached hydrogens (primary N) is 1. The highest BCUT2D eigenvalue weighted by Crippen LogP contribution is 2.42. The first-order chi connectivity index (χ1) is 14.2. The van der Waals surface area contributed by atoms with Crippen LogP contribution < -0.4 is 16.4 Å². The van der Waals surface area contributed by atoms with Crippen molar-refractivity contribution < 1.29 is 15.1 Å². The number of nitrogens with zero attached hydrogens (tertiary/aromatic N) is 3. The maximum atomic E-state index is 13.4. The Morgan fingerprint density at radius 1 is 1.33 bits per heavy atom. The monoisotopic (exact) mass is 417 g/mol. The summed E-state index contributed by atoms with van der Waals surface area (Å²) in [5.74, 6) is 0.355. The molecule has 166 valence electrons. The van der Waals surface area contributed by atoms with E-state index in [1.165, 1.54) is 11.1 Å². The second-order valence-corrected chi connectivity index (χ2v) is 9.81. The van der Waals surface area contributed by atoms with Crippen LogP contribution in [0.1, 0.15) is 53.9 Å². The molecule has 4 N–H and O–H groups in total. The molecule has 1 saturated heterocycles. The third kappa shape index (κ3) is 5.22. The van der Waals surface area contributed by atoms with Crippen molar-refractivity contribution in [3.8, 4) is 0 Å². The van der Waals surface area contributed by atoms with Crippen LogP contribution in [0, 0.1) is 17.3 Å². The largest absolute Gasteiger partial charge is 0.342 e. The van der Waals surface area contributed by atoms with Gasteiger partial charge in [-0.15, -0.1) is 16.2 Å². The topological polar surface area (TPSA) is 93.7 Å². The van der Waals surface area contributed by atoms with E-state index in [-0.39, 0.29) is 29.7 Å². The van der Waals surface area contributed by atoms with E-state index in [4.69, 9.17) is 0 Å². The number of amides is 2. The Hall–Kier alpha value is -2.35. The lowest BCUT2D eigenvalue weighted by Gasteiger charge is -2.47. The van der Waals surface area contributed by atoms with E-state index in [0.717, 1.165) is 25.8 Å². The fourth-order valence-corrected chi connectivity index (χ4v) is 4.71. The fraction of sp³-hybridized carbons (Fsp3) is 0.682. The highest BCUT2D eigenvalue weighted by atomic mass is 16.2. The molecule has 1 aliphatic carbocycles. The number of quaternary nitrogens is 1. The van der Waals surface area contributed by atoms with Crippen molar-refractivity contribution in [3.05, 3.63) is 23.3 Å². The van der Waals surface area contributed by atoms with Gasteiger partial charge in [-0.3, -0.25) is 9.59 Å². The number of likely N-dealkylation sites (tertiary alicyclic amines) is 1. The van der Waals surface area contributed by atoms with Crippen molar-refractivity contribution in [2.75, 3.05) is 19.6 Å². The van der Waals surface area contributed by atoms with Crippen molar-refractivity contribution in [1.29, 1.82) is 0 Å². The van der Waals surface area contributed by atoms with Gasteiger partial charge in [0.05, 0.1) is 0 Å². The molecule has 2 unspecified atom stereocenters. The minimum atomic E-state index is -0.517. The molecule has 0 spiro atoms. The van der Waals surface area contributed by atoms with E-state index < -0.39 is 6.04 Å². The lowest BCUT2D eigenvalue weighted by molar-refractivity contribution is -0.818. The summed E-state index contributed by atoms with van der Waals surface area (Å²) in [6.45, 7) is 12.3. The van der Waals surface area contributed by atoms with Crippen LogP contribution in [-0.4, -0.2) is 53.7 Å². The Morgan fingerprint density at radius 2 is 2.10 bits per heavy atom. The number of carbonyl (C=O) groups is 2. The second kappa shape index (κ2) is 9.20. The SMILES string of the molecule is CC1=CC=C(C2CCN(C(=O)C(NC(=O)CN3C=NN[NH2+]3)C(C)C)CC2(C)C)CC1. The summed E-state index contributed by atoms with van der Waals surface area (Å²) in [6, 6.07) is -0.517. The summed E-state index contributed by atoms with van der Waals surface area (Å²) in [5, 5.41) is 8.44. The van der Waals surface area contributed by atoms with Crippen molar-refractivity contribution in [2.24, 2.45) is 22.4 Å². The zero-order chi connectivity index (χ0) is 21.9. The number of hydrazone groups is 1. The van der Waals surface area contributed by atoms with Crippen LogP contribution in [0.5, 0.6) is 0 Å². The molecule has 0 radical (unpaired) electrons. The molecule has 2 atom stereocenters. The lowest BCUT2D eigenvalue weighted by Crippen LogP contribution is -2.97. The summed E-state index contributed by atoms with van der Waals surface area (Å²) >= 11 is 0. The van der Waals surface area contributed by atoms with Crippen LogP contribution >= 0.6 is 0 Å². The summed E-state index contributed by atoms with van der Waals surface area (Å²) in [5.41, 5.74) is 7.26. The van der Waals surface area contributed by atoms with Gasteiger partial charge in [0.2, 0.25) is 11.8 Å². The second-order valence-electron chi connectivity index (χ2n) is 9.81. The zero-order valence-electron chi connectivity index (χ0n) is 18.9. The van der Waals surface area contributed by atoms with Gasteiger partial charge in [-0.25, -0.2) is 0 Å². The number of nitrogens with one attached hydrogen (secondary N) is 2. The van der Waals surface area contributed by atoms with E-state index in [2.05, 4.69) is 48.9 Å². The van der Waals surface area contributed by atoms with Crippen LogP contribution in [0.4, 0.5) is 0 Å². The van der Waals surface area contributed by atoms with E-state index in [1.54, 1.807) is 16.9 Å². The quantitative estimate of drug-likeness (QED) is 0.560. The average Bonchev–Trinajstić information content (AvgIpc) is 3.18. The molecule has 3 aliphatic rings. The van der Waals surface area contributed by atoms with Gasteiger partial charge in [-0.1, -0.05) is 51.0 Å². The summed E-state index contributed by atoms with van der Waals surface area (Å²) in [6.07, 6.45) is 9.33. The first-order valence-electron chi connectivity index (χ1n) is 11.0. The molecular weight excluding hydrogens is 380 g/mol. The van der Waals surface area contributed by atoms with Gasteiger partial charge in [-0.05, 0) is 43.4 Å². The van der Waals surface area contributed by atoms with Gasteiger partial charge in [0.15, 0.2) is 12.9 Å². The molecule has 8 nitrogen and oxygen atoms in total. The van der Waals surface area contributed by atoms with Crippen LogP contribution in [0.3, 0.4) is 0 Å². The number of rotatable bonds is 6. The molecule has 2 amide bonds. The Kier molecular flexibility index (Phi) is 6.85. The fourth-order valence-electron chi connectivity index (χ4n) is 4.71. The van der Waals surface area contributed by atoms with Crippen LogP contribution in [-0.2, 0) is 9.59 Å². The maximum absolute atomic E-state index is 13.4. The molecule has 3 rings (SSSR count). The molecule has 2 aliphatic heterocycles. The van der Waals surface area contributed by atoms with Crippen LogP contribution in [0.15, 0.2) is 28.4 Å². The minimum Gasteiger partial charge on any atom is -0.342 e. The maximum Gasteiger partial charge on any atom is 0.245 e. The van der Waals surface area contributed by atoms with Gasteiger partial charge < -0.3 is 10.2 Å². The van der Waals surface area contributed by atoms with Crippen LogP contribution in [0.2, 0.25) is 0 Å². The van der Waals surface area contributed by atoms with Crippen molar-refractivity contribution >= 4 is 18.2 Å². The number of piperidine rings is 1. The molecule has 0 aromatic heterocycles. The Morgan fingerprint density at radius 3 is 2.67 bits per heavy atom. The Labute approximate surface area is 179 Å². The average molecular weight is 418 g/mol. The van der Waals surface area contributed by atoms with Gasteiger partial charge in [0, 0.05) is 13.1 Å². The lowest BCUT2D eigenvalue weighted by atomic mass is 9.68. The first kappa shape index (κ1) is 22.3. The summed E-state index contributed by atoms with van der Waals surface area (Å²) < 4.78 is 0. The highest BCUT2D eigenvalue weighted by Gasteiger charge is 2.41. The van der Waals surface area contributed by atoms with Gasteiger partial charge >= 0.3 is 0 Å². The Balaban J connectivity index is 1.63. The zero-order valence-corrected chi connectivity index (χ0v) is 18.9. The molecular formula is C22H37N6O2+. The van der Waals surface area contributed by atoms with E-state index in [0.29, 0.717) is 12.5 Å². The predicted octanol–water partition coefficient (Wildman–Crippen LogP) is 0.910.